The molecule has 1 amide bonds. The number of aliphatic hydroxyl groups excluding tert-OH is 1. The first kappa shape index (κ1) is 13.9. The van der Waals surface area contributed by atoms with E-state index in [1.807, 2.05) is 29.3 Å². The third kappa shape index (κ3) is 2.26. The van der Waals surface area contributed by atoms with Gasteiger partial charge in [-0.3, -0.25) is 9.79 Å². The Kier molecular flexibility index (Phi) is 3.49. The van der Waals surface area contributed by atoms with Gasteiger partial charge in [0.1, 0.15) is 0 Å². The highest BCUT2D eigenvalue weighted by Gasteiger charge is 2.37. The van der Waals surface area contributed by atoms with E-state index in [1.165, 1.54) is 0 Å². The van der Waals surface area contributed by atoms with Crippen molar-refractivity contribution in [2.75, 3.05) is 19.6 Å². The van der Waals surface area contributed by atoms with Gasteiger partial charge >= 0.3 is 0 Å². The third-order valence-corrected chi connectivity index (χ3v) is 5.37. The molecule has 0 bridgehead atoms. The van der Waals surface area contributed by atoms with Crippen molar-refractivity contribution in [1.29, 1.82) is 0 Å². The van der Waals surface area contributed by atoms with Gasteiger partial charge in [-0.15, -0.1) is 0 Å². The lowest BCUT2D eigenvalue weighted by Gasteiger charge is -2.40. The largest absolute Gasteiger partial charge is 0.388 e. The van der Waals surface area contributed by atoms with Crippen LogP contribution in [0, 0.1) is 5.92 Å². The van der Waals surface area contributed by atoms with Crippen LogP contribution in [0.2, 0.25) is 0 Å². The van der Waals surface area contributed by atoms with E-state index in [9.17, 15) is 9.90 Å². The van der Waals surface area contributed by atoms with Gasteiger partial charge in [0.05, 0.1) is 6.10 Å². The number of aliphatic imine (C=N–C) groups is 1. The Hall–Kier alpha value is -1.68. The van der Waals surface area contributed by atoms with E-state index < -0.39 is 6.10 Å². The SMILES string of the molecule is O=C1c2cccc3c2C(CCC3O)CN1CC1CC=NCC1. The van der Waals surface area contributed by atoms with Gasteiger partial charge in [0.2, 0.25) is 0 Å². The zero-order chi connectivity index (χ0) is 15.1. The summed E-state index contributed by atoms with van der Waals surface area (Å²) in [6.07, 6.45) is 5.45. The van der Waals surface area contributed by atoms with Crippen LogP contribution >= 0.6 is 0 Å². The number of carbonyl (C=O) groups is 1. The molecule has 2 aliphatic heterocycles. The monoisotopic (exact) mass is 298 g/mol. The molecule has 116 valence electrons. The van der Waals surface area contributed by atoms with Crippen LogP contribution in [-0.2, 0) is 0 Å². The Balaban J connectivity index is 1.63. The zero-order valence-electron chi connectivity index (χ0n) is 12.7. The van der Waals surface area contributed by atoms with E-state index in [1.54, 1.807) is 0 Å². The van der Waals surface area contributed by atoms with E-state index in [2.05, 4.69) is 4.99 Å². The van der Waals surface area contributed by atoms with Gasteiger partial charge in [0, 0.05) is 31.1 Å². The van der Waals surface area contributed by atoms with Crippen molar-refractivity contribution in [1.82, 2.24) is 4.90 Å². The molecule has 0 aromatic heterocycles. The second kappa shape index (κ2) is 5.51. The highest BCUT2D eigenvalue weighted by Crippen LogP contribution is 2.42. The van der Waals surface area contributed by atoms with Crippen LogP contribution < -0.4 is 0 Å². The third-order valence-electron chi connectivity index (χ3n) is 5.37. The van der Waals surface area contributed by atoms with Gasteiger partial charge in [-0.25, -0.2) is 0 Å². The number of rotatable bonds is 2. The Morgan fingerprint density at radius 3 is 3.00 bits per heavy atom. The lowest BCUT2D eigenvalue weighted by Crippen LogP contribution is -2.44. The summed E-state index contributed by atoms with van der Waals surface area (Å²) in [7, 11) is 0. The second-order valence-corrected chi connectivity index (χ2v) is 6.79. The van der Waals surface area contributed by atoms with Crippen LogP contribution in [0.25, 0.3) is 0 Å². The van der Waals surface area contributed by atoms with Gasteiger partial charge in [-0.2, -0.15) is 0 Å². The molecule has 1 N–H and O–H groups in total. The van der Waals surface area contributed by atoms with Crippen molar-refractivity contribution in [3.63, 3.8) is 0 Å². The van der Waals surface area contributed by atoms with Gasteiger partial charge in [-0.1, -0.05) is 12.1 Å². The smallest absolute Gasteiger partial charge is 0.254 e. The number of carbonyl (C=O) groups excluding carboxylic acids is 1. The maximum atomic E-state index is 12.8. The fourth-order valence-corrected chi connectivity index (χ4v) is 4.20. The molecule has 0 spiro atoms. The first-order valence-electron chi connectivity index (χ1n) is 8.32. The molecule has 1 aromatic carbocycles. The van der Waals surface area contributed by atoms with Crippen molar-refractivity contribution in [2.45, 2.75) is 37.7 Å². The van der Waals surface area contributed by atoms with Crippen molar-refractivity contribution in [2.24, 2.45) is 10.9 Å². The highest BCUT2D eigenvalue weighted by atomic mass is 16.3. The van der Waals surface area contributed by atoms with E-state index >= 15 is 0 Å². The molecule has 0 fully saturated rings. The predicted octanol–water partition coefficient (Wildman–Crippen LogP) is 2.53. The molecular formula is C18H22N2O2. The summed E-state index contributed by atoms with van der Waals surface area (Å²) >= 11 is 0. The quantitative estimate of drug-likeness (QED) is 0.912. The first-order valence-corrected chi connectivity index (χ1v) is 8.32. The Labute approximate surface area is 130 Å². The minimum absolute atomic E-state index is 0.143. The van der Waals surface area contributed by atoms with Gasteiger partial charge in [0.15, 0.2) is 0 Å². The van der Waals surface area contributed by atoms with Crippen LogP contribution in [0.3, 0.4) is 0 Å². The molecule has 4 rings (SSSR count). The van der Waals surface area contributed by atoms with E-state index in [4.69, 9.17) is 0 Å². The van der Waals surface area contributed by atoms with Gasteiger partial charge in [0.25, 0.3) is 5.91 Å². The molecular weight excluding hydrogens is 276 g/mol. The summed E-state index contributed by atoms with van der Waals surface area (Å²) in [5, 5.41) is 10.2. The van der Waals surface area contributed by atoms with Crippen molar-refractivity contribution < 1.29 is 9.90 Å². The standard InChI is InChI=1S/C18H22N2O2/c21-16-5-4-13-11-20(10-12-6-8-19-9-7-12)18(22)15-3-1-2-14(16)17(13)15/h1-3,8,12-13,16,21H,4-7,9-11H2. The molecule has 2 heterocycles. The maximum absolute atomic E-state index is 12.8. The molecule has 3 unspecified atom stereocenters. The summed E-state index contributed by atoms with van der Waals surface area (Å²) < 4.78 is 0. The molecule has 0 radical (unpaired) electrons. The zero-order valence-corrected chi connectivity index (χ0v) is 12.7. The normalized spacial score (nSPS) is 30.3. The summed E-state index contributed by atoms with van der Waals surface area (Å²) in [6, 6.07) is 5.82. The average molecular weight is 298 g/mol. The van der Waals surface area contributed by atoms with Crippen molar-refractivity contribution in [3.05, 3.63) is 34.9 Å². The van der Waals surface area contributed by atoms with E-state index in [0.29, 0.717) is 11.8 Å². The molecule has 22 heavy (non-hydrogen) atoms. The first-order chi connectivity index (χ1) is 10.7. The fraction of sp³-hybridized carbons (Fsp3) is 0.556. The minimum atomic E-state index is -0.403. The summed E-state index contributed by atoms with van der Waals surface area (Å²) in [5.74, 6) is 1.08. The number of nitrogens with zero attached hydrogens (tertiary/aromatic N) is 2. The molecule has 4 heteroatoms. The van der Waals surface area contributed by atoms with Crippen LogP contribution in [0.15, 0.2) is 23.2 Å². The number of hydrogen-bond acceptors (Lipinski definition) is 3. The van der Waals surface area contributed by atoms with Crippen molar-refractivity contribution >= 4 is 12.1 Å². The number of amides is 1. The van der Waals surface area contributed by atoms with Gasteiger partial charge < -0.3 is 10.0 Å². The summed E-state index contributed by atoms with van der Waals surface area (Å²) in [5.41, 5.74) is 2.91. The second-order valence-electron chi connectivity index (χ2n) is 6.79. The molecule has 3 aliphatic rings. The predicted molar refractivity (Wildman–Crippen MR) is 85.4 cm³/mol. The van der Waals surface area contributed by atoms with E-state index in [0.717, 1.165) is 62.0 Å². The fourth-order valence-electron chi connectivity index (χ4n) is 4.20. The lowest BCUT2D eigenvalue weighted by atomic mass is 9.76. The number of aliphatic hydroxyl groups is 1. The van der Waals surface area contributed by atoms with Gasteiger partial charge in [-0.05, 0) is 55.0 Å². The summed E-state index contributed by atoms with van der Waals surface area (Å²) in [6.45, 7) is 2.54. The molecule has 3 atom stereocenters. The van der Waals surface area contributed by atoms with Crippen molar-refractivity contribution in [3.8, 4) is 0 Å². The van der Waals surface area contributed by atoms with Crippen LogP contribution in [0.4, 0.5) is 0 Å². The molecule has 0 saturated heterocycles. The topological polar surface area (TPSA) is 52.9 Å². The molecule has 4 nitrogen and oxygen atoms in total. The van der Waals surface area contributed by atoms with E-state index in [-0.39, 0.29) is 5.91 Å². The molecule has 1 aromatic rings. The maximum Gasteiger partial charge on any atom is 0.254 e. The summed E-state index contributed by atoms with van der Waals surface area (Å²) in [4.78, 5) is 19.2. The lowest BCUT2D eigenvalue weighted by molar-refractivity contribution is 0.0662. The van der Waals surface area contributed by atoms with Crippen LogP contribution in [0.1, 0.15) is 59.2 Å². The Morgan fingerprint density at radius 2 is 2.18 bits per heavy atom. The van der Waals surface area contributed by atoms with Crippen LogP contribution in [0.5, 0.6) is 0 Å². The number of hydrogen-bond donors (Lipinski definition) is 1. The highest BCUT2D eigenvalue weighted by molar-refractivity contribution is 5.97. The minimum Gasteiger partial charge on any atom is -0.388 e. The molecule has 0 saturated carbocycles. The van der Waals surface area contributed by atoms with Crippen LogP contribution in [-0.4, -0.2) is 41.8 Å². The Bertz CT molecular complexity index is 626. The Morgan fingerprint density at radius 1 is 1.27 bits per heavy atom. The average Bonchev–Trinajstić information content (AvgIpc) is 2.56. The molecule has 1 aliphatic carbocycles. The number of benzene rings is 1.